The van der Waals surface area contributed by atoms with E-state index >= 15 is 0 Å². The van der Waals surface area contributed by atoms with Crippen LogP contribution in [0.2, 0.25) is 0 Å². The van der Waals surface area contributed by atoms with Crippen molar-refractivity contribution in [2.45, 2.75) is 265 Å². The molecular weight excluding hydrogens is 1430 g/mol. The Bertz CT molecular complexity index is 4210. The number of aromatic nitrogens is 3. The molecule has 20 heteroatoms. The third kappa shape index (κ3) is 14.3. The summed E-state index contributed by atoms with van der Waals surface area (Å²) in [6, 6.07) is 16.0. The van der Waals surface area contributed by atoms with Gasteiger partial charge in [-0.25, -0.2) is 14.5 Å². The molecule has 0 unspecified atom stereocenters. The molecule has 3 heterocycles. The lowest BCUT2D eigenvalue weighted by molar-refractivity contribution is -0.253. The van der Waals surface area contributed by atoms with Gasteiger partial charge < -0.3 is 45.5 Å². The molecule has 8 aliphatic carbocycles. The Hall–Kier alpha value is -6.20. The molecule has 10 aliphatic rings. The van der Waals surface area contributed by atoms with Crippen molar-refractivity contribution in [3.8, 4) is 17.5 Å². The molecule has 9 N–H and O–H groups in total. The van der Waals surface area contributed by atoms with Crippen LogP contribution in [0.5, 0.6) is 0 Å². The first-order chi connectivity index (χ1) is 52.9. The van der Waals surface area contributed by atoms with Gasteiger partial charge in [-0.1, -0.05) is 186 Å². The first kappa shape index (κ1) is 88.6. The second-order valence-electron chi connectivity index (χ2n) is 43.1. The molecule has 0 spiro atoms. The number of benzene rings is 2. The Morgan fingerprint density at radius 2 is 1.12 bits per heavy atom. The van der Waals surface area contributed by atoms with E-state index in [0.717, 1.165) is 88.4 Å². The summed E-state index contributed by atoms with van der Waals surface area (Å²) in [5.41, 5.74) is 18.7. The van der Waals surface area contributed by atoms with Crippen LogP contribution >= 0.6 is 0 Å². The Morgan fingerprint density at radius 3 is 1.54 bits per heavy atom. The maximum absolute atomic E-state index is 13.6. The summed E-state index contributed by atoms with van der Waals surface area (Å²) in [4.78, 5) is 51.9. The number of allylic oxidation sites excluding steroid dienone is 2. The fourth-order valence-electron chi connectivity index (χ4n) is 25.5. The lowest BCUT2D eigenvalue weighted by Crippen LogP contribution is -2.72. The number of ether oxygens (including phenoxy) is 4. The molecule has 2 aliphatic heterocycles. The van der Waals surface area contributed by atoms with Crippen molar-refractivity contribution in [3.63, 3.8) is 0 Å². The molecule has 2 aromatic carbocycles. The monoisotopic (exact) mass is 1570 g/mol. The minimum atomic E-state index is -0.637. The van der Waals surface area contributed by atoms with Crippen LogP contribution in [-0.4, -0.2) is 137 Å². The molecule has 3 aromatic rings. The molecule has 4 bridgehead atoms. The maximum atomic E-state index is 13.6. The number of hydrogen-bond donors (Lipinski definition) is 6. The number of fused-ring (bicyclic) bond motifs is 6. The summed E-state index contributed by atoms with van der Waals surface area (Å²) in [7, 11) is 3.58. The van der Waals surface area contributed by atoms with Gasteiger partial charge in [0.25, 0.3) is 5.91 Å². The molecule has 13 rings (SSSR count). The zero-order valence-electron chi connectivity index (χ0n) is 73.9. The van der Waals surface area contributed by atoms with Crippen molar-refractivity contribution in [2.75, 3.05) is 53.7 Å². The van der Waals surface area contributed by atoms with Crippen LogP contribution < -0.4 is 22.7 Å². The van der Waals surface area contributed by atoms with E-state index in [-0.39, 0.29) is 102 Å². The van der Waals surface area contributed by atoms with Crippen LogP contribution in [0.1, 0.15) is 251 Å². The van der Waals surface area contributed by atoms with Gasteiger partial charge in [0, 0.05) is 64.0 Å². The molecule has 20 nitrogen and oxygen atoms in total. The topological polar surface area (TPSA) is 293 Å². The van der Waals surface area contributed by atoms with Gasteiger partial charge >= 0.3 is 11.9 Å². The summed E-state index contributed by atoms with van der Waals surface area (Å²) in [5, 5.41) is 36.6. The van der Waals surface area contributed by atoms with Gasteiger partial charge in [-0.15, -0.1) is 0 Å². The molecule has 1 aromatic heterocycles. The van der Waals surface area contributed by atoms with Crippen LogP contribution in [-0.2, 0) is 28.5 Å². The number of nitrogens with zero attached hydrogens (tertiary/aromatic N) is 7. The Labute approximate surface area is 683 Å². The number of rotatable bonds is 17. The summed E-state index contributed by atoms with van der Waals surface area (Å²) in [5.74, 6) is 7.54. The number of nitrogens with two attached hydrogens (primary N) is 3. The second-order valence-corrected chi connectivity index (χ2v) is 43.1. The van der Waals surface area contributed by atoms with Crippen LogP contribution in [0, 0.1) is 142 Å². The predicted octanol–water partition coefficient (Wildman–Crippen LogP) is 17.6. The zero-order valence-corrected chi connectivity index (χ0v) is 73.9. The number of aliphatic imine (C=N–C) groups is 1. The molecule has 114 heavy (non-hydrogen) atoms. The van der Waals surface area contributed by atoms with E-state index < -0.39 is 34.3 Å². The van der Waals surface area contributed by atoms with E-state index in [1.807, 2.05) is 24.3 Å². The number of carboxylic acid groups (broad SMARTS) is 2. The molecule has 2 saturated heterocycles. The highest BCUT2D eigenvalue weighted by atomic mass is 16.5. The third-order valence-electron chi connectivity index (χ3n) is 34.8. The van der Waals surface area contributed by atoms with Gasteiger partial charge in [-0.2, -0.15) is 15.4 Å². The van der Waals surface area contributed by atoms with E-state index in [0.29, 0.717) is 97.9 Å². The summed E-state index contributed by atoms with van der Waals surface area (Å²) < 4.78 is 29.6. The number of carbonyl (C=O) groups is 3. The molecule has 1 amide bonds. The van der Waals surface area contributed by atoms with Crippen LogP contribution in [0.4, 0.5) is 5.69 Å². The number of amides is 1. The molecular formula is C94H143N11O9. The van der Waals surface area contributed by atoms with E-state index in [1.165, 1.54) is 17.5 Å². The van der Waals surface area contributed by atoms with Crippen molar-refractivity contribution in [1.82, 2.24) is 25.1 Å². The van der Waals surface area contributed by atoms with Gasteiger partial charge in [0.2, 0.25) is 0 Å². The average molecular weight is 1570 g/mol. The number of carbonyl (C=O) groups excluding carboxylic acids is 1. The highest BCUT2D eigenvalue weighted by Crippen LogP contribution is 2.78. The fraction of sp³-hybridized carbons (Fsp3) is 0.745. The number of nitriles is 1. The zero-order chi connectivity index (χ0) is 84.3. The number of nitrogens with one attached hydrogen (secondary N) is 1. The molecule has 24 atom stereocenters. The van der Waals surface area contributed by atoms with E-state index in [1.54, 1.807) is 49.6 Å². The quantitative estimate of drug-likeness (QED) is 0.0183. The van der Waals surface area contributed by atoms with Crippen LogP contribution in [0.15, 0.2) is 83.1 Å². The molecule has 8 fully saturated rings. The van der Waals surface area contributed by atoms with Crippen molar-refractivity contribution in [2.24, 2.45) is 146 Å². The van der Waals surface area contributed by atoms with E-state index in [2.05, 4.69) is 190 Å². The second kappa shape index (κ2) is 31.2. The number of hydrogen-bond acceptors (Lipinski definition) is 14. The van der Waals surface area contributed by atoms with Gasteiger partial charge in [0.15, 0.2) is 11.5 Å². The van der Waals surface area contributed by atoms with Gasteiger partial charge in [0.1, 0.15) is 6.33 Å². The first-order valence-corrected chi connectivity index (χ1v) is 42.8. The van der Waals surface area contributed by atoms with Crippen LogP contribution in [0.3, 0.4) is 0 Å². The minimum absolute atomic E-state index is 0.0232. The first-order valence-electron chi connectivity index (χ1n) is 42.8. The third-order valence-corrected chi connectivity index (χ3v) is 34.8. The van der Waals surface area contributed by atoms with Gasteiger partial charge in [0.05, 0.1) is 94.3 Å². The average Bonchev–Trinajstić information content (AvgIpc) is 0.741. The van der Waals surface area contributed by atoms with Crippen molar-refractivity contribution in [3.05, 3.63) is 101 Å². The SMILES string of the molecule is CC(C)[C@@H](C)[C@@]1(C)CC[C@]2(C)[C@H]3CC[C@@H]4[C@@]5(COC[C@@]4(C)[C@@H](OC[C@](C)(N)C(C)(C)C)[C@H](NN)C5)C3=CC[C@@]2(C)[C@@H]1C(=O)O.CC(C)[C@@H](C)[C@@]1(C)CC[C@]2(C)[C@H]3CC[C@@H]4[C@@]5(COC[C@@]4(C)[C@@H](OC[C@](C)(N)C(C)(C)C)[C@H](n4ncnc4-c4ccc(C#N)cc4)C5)C3=CC[C@@]2(C)[C@@H]1C(=O)O.[C-]#[N+]c1ccc(C(=O)N=CN(C)C)cc1. The highest BCUT2D eigenvalue weighted by molar-refractivity contribution is 5.98. The lowest BCUT2D eigenvalue weighted by atomic mass is 9.34. The van der Waals surface area contributed by atoms with Crippen molar-refractivity contribution < 1.29 is 43.5 Å². The van der Waals surface area contributed by atoms with E-state index in [9.17, 15) is 29.9 Å². The van der Waals surface area contributed by atoms with Gasteiger partial charge in [-0.3, -0.25) is 25.7 Å². The largest absolute Gasteiger partial charge is 0.481 e. The van der Waals surface area contributed by atoms with E-state index in [4.69, 9.17) is 52.9 Å². The Morgan fingerprint density at radius 1 is 0.675 bits per heavy atom. The smallest absolute Gasteiger partial charge is 0.307 e. The molecule has 6 saturated carbocycles. The number of hydrazine groups is 1. The fourth-order valence-corrected chi connectivity index (χ4v) is 25.5. The summed E-state index contributed by atoms with van der Waals surface area (Å²) in [6.07, 6.45) is 19.2. The van der Waals surface area contributed by atoms with Gasteiger partial charge in [-0.05, 0) is 206 Å². The van der Waals surface area contributed by atoms with Crippen molar-refractivity contribution in [1.29, 1.82) is 5.26 Å². The highest BCUT2D eigenvalue weighted by Gasteiger charge is 2.75. The van der Waals surface area contributed by atoms with Crippen LogP contribution in [0.25, 0.3) is 16.2 Å². The lowest BCUT2D eigenvalue weighted by Gasteiger charge is -2.71. The molecule has 628 valence electrons. The normalized spacial score (nSPS) is 39.0. The number of aliphatic carboxylic acids is 2. The number of carboxylic acids is 2. The van der Waals surface area contributed by atoms with Crippen molar-refractivity contribution >= 4 is 29.9 Å². The Kier molecular flexibility index (Phi) is 24.2. The maximum Gasteiger partial charge on any atom is 0.307 e. The standard InChI is InChI=1S/C46H67N5O4.C37H65N3O4.C11H11N3O/c1-28(2)29(3)41(7)20-21-43(9)32-16-17-35-42(8)24-54-26-46(35,33(32)18-19-44(43,10)36(41)39(52)53)22-34(37(42)55-25-45(11,48)40(4,5)6)51-38(49-27-50-51)31-14-12-30(23-47)13-15-31;1-22(2)23(3)32(7)16-17-34(9)24-12-13-27-33(8)19-43-21-37(27,25(24)14-15-35(34,10)28(32)30(41)42)18-26(40-39)29(33)44-20-36(11,38)31(4,5)6;1-12-10-6-4-9(5-7-10)11(15)13-8-14(2)3/h12-15,18,27-29,32,34-37H,16-17,19-22,24-26,48H2,1-11H3,(H,52,53);14,22-24,26-29,40H,12-13,15-21,38-39H2,1-11H3,(H,41,42);4-8H,2-3H3/t29-,32+,34-,35+,36-,37+,41-,42-,43-,44+,45+,46+;23-,24+,26-,27+,28-,29+,32-,33-,34-,35+,36+,37+;/m11./s1. The summed E-state index contributed by atoms with van der Waals surface area (Å²) >= 11 is 0. The minimum Gasteiger partial charge on any atom is -0.481 e. The Balaban J connectivity index is 0.000000193. The summed E-state index contributed by atoms with van der Waals surface area (Å²) in [6.45, 7) is 59.8. The molecule has 0 radical (unpaired) electrons. The predicted molar refractivity (Wildman–Crippen MR) is 450 cm³/mol.